The molecule has 1 aromatic carbocycles. The first kappa shape index (κ1) is 14.5. The van der Waals surface area contributed by atoms with Gasteiger partial charge in [0.25, 0.3) is 5.91 Å². The summed E-state index contributed by atoms with van der Waals surface area (Å²) in [5.74, 6) is -0.103. The molecule has 1 amide bonds. The summed E-state index contributed by atoms with van der Waals surface area (Å²) < 4.78 is 0. The number of hydrogen-bond donors (Lipinski definition) is 2. The highest BCUT2D eigenvalue weighted by Crippen LogP contribution is 2.12. The van der Waals surface area contributed by atoms with Crippen LogP contribution in [0, 0.1) is 0 Å². The Morgan fingerprint density at radius 1 is 1.28 bits per heavy atom. The number of nitrogens with one attached hydrogen (secondary N) is 1. The van der Waals surface area contributed by atoms with Gasteiger partial charge in [-0.2, -0.15) is 0 Å². The number of amides is 1. The number of aliphatic hydroxyl groups excluding tert-OH is 1. The van der Waals surface area contributed by atoms with Crippen molar-refractivity contribution >= 4 is 11.6 Å². The zero-order valence-corrected chi connectivity index (χ0v) is 11.5. The lowest BCUT2D eigenvalue weighted by Gasteiger charge is -2.16. The largest absolute Gasteiger partial charge is 0.393 e. The van der Waals surface area contributed by atoms with Gasteiger partial charge < -0.3 is 15.3 Å². The minimum absolute atomic E-state index is 0.0361. The predicted octanol–water partition coefficient (Wildman–Crippen LogP) is 1.64. The normalized spacial score (nSPS) is 13.8. The number of carbonyl (C=O) groups is 1. The quantitative estimate of drug-likeness (QED) is 0.835. The van der Waals surface area contributed by atoms with Crippen molar-refractivity contribution in [1.29, 1.82) is 0 Å². The zero-order chi connectivity index (χ0) is 13.7. The zero-order valence-electron chi connectivity index (χ0n) is 11.5. The van der Waals surface area contributed by atoms with Crippen molar-refractivity contribution in [2.24, 2.45) is 0 Å². The van der Waals surface area contributed by atoms with E-state index in [9.17, 15) is 9.90 Å². The summed E-state index contributed by atoms with van der Waals surface area (Å²) in [7, 11) is 3.92. The fraction of sp³-hybridized carbons (Fsp3) is 0.500. The summed E-state index contributed by atoms with van der Waals surface area (Å²) in [5, 5.41) is 12.1. The molecule has 0 saturated heterocycles. The Morgan fingerprint density at radius 3 is 2.28 bits per heavy atom. The highest BCUT2D eigenvalue weighted by atomic mass is 16.3. The van der Waals surface area contributed by atoms with E-state index in [1.807, 2.05) is 38.1 Å². The number of anilines is 1. The van der Waals surface area contributed by atoms with Gasteiger partial charge in [-0.05, 0) is 44.5 Å². The first-order valence-corrected chi connectivity index (χ1v) is 6.16. The molecule has 0 saturated carbocycles. The van der Waals surface area contributed by atoms with Crippen molar-refractivity contribution in [3.8, 4) is 0 Å². The van der Waals surface area contributed by atoms with E-state index in [1.54, 1.807) is 19.1 Å². The molecule has 2 unspecified atom stereocenters. The third-order valence-electron chi connectivity index (χ3n) is 2.72. The molecule has 100 valence electrons. The number of rotatable bonds is 5. The molecule has 18 heavy (non-hydrogen) atoms. The molecule has 0 radical (unpaired) electrons. The molecule has 0 aromatic heterocycles. The Kier molecular flexibility index (Phi) is 5.16. The standard InChI is InChI=1S/C14H22N2O2/c1-10(9-11(2)17)15-14(18)12-5-7-13(8-6-12)16(3)4/h5-8,10-11,17H,9H2,1-4H3,(H,15,18). The fourth-order valence-electron chi connectivity index (χ4n) is 1.79. The molecule has 0 aliphatic rings. The minimum atomic E-state index is -0.406. The van der Waals surface area contributed by atoms with Gasteiger partial charge in [0.2, 0.25) is 0 Å². The van der Waals surface area contributed by atoms with Crippen LogP contribution in [-0.4, -0.2) is 37.3 Å². The summed E-state index contributed by atoms with van der Waals surface area (Å²) in [5.41, 5.74) is 1.70. The summed E-state index contributed by atoms with van der Waals surface area (Å²) in [6.45, 7) is 3.60. The van der Waals surface area contributed by atoms with E-state index in [0.29, 0.717) is 12.0 Å². The third-order valence-corrected chi connectivity index (χ3v) is 2.72. The Hall–Kier alpha value is -1.55. The van der Waals surface area contributed by atoms with Gasteiger partial charge in [0, 0.05) is 31.4 Å². The van der Waals surface area contributed by atoms with Crippen LogP contribution in [0.2, 0.25) is 0 Å². The van der Waals surface area contributed by atoms with E-state index in [2.05, 4.69) is 5.32 Å². The third kappa shape index (κ3) is 4.37. The Balaban J connectivity index is 2.61. The van der Waals surface area contributed by atoms with Crippen molar-refractivity contribution < 1.29 is 9.90 Å². The van der Waals surface area contributed by atoms with E-state index in [0.717, 1.165) is 5.69 Å². The van der Waals surface area contributed by atoms with Gasteiger partial charge in [-0.3, -0.25) is 4.79 Å². The molecule has 4 heteroatoms. The van der Waals surface area contributed by atoms with E-state index >= 15 is 0 Å². The second kappa shape index (κ2) is 6.40. The second-order valence-electron chi connectivity index (χ2n) is 4.90. The lowest BCUT2D eigenvalue weighted by atomic mass is 10.1. The highest BCUT2D eigenvalue weighted by Gasteiger charge is 2.11. The van der Waals surface area contributed by atoms with Crippen molar-refractivity contribution in [3.05, 3.63) is 29.8 Å². The van der Waals surface area contributed by atoms with Crippen LogP contribution in [0.5, 0.6) is 0 Å². The number of carbonyl (C=O) groups excluding carboxylic acids is 1. The summed E-state index contributed by atoms with van der Waals surface area (Å²) in [4.78, 5) is 13.9. The van der Waals surface area contributed by atoms with Gasteiger partial charge in [0.1, 0.15) is 0 Å². The van der Waals surface area contributed by atoms with Crippen LogP contribution in [0.3, 0.4) is 0 Å². The van der Waals surface area contributed by atoms with Gasteiger partial charge >= 0.3 is 0 Å². The SMILES string of the molecule is CC(O)CC(C)NC(=O)c1ccc(N(C)C)cc1. The van der Waals surface area contributed by atoms with Crippen LogP contribution >= 0.6 is 0 Å². The van der Waals surface area contributed by atoms with Gasteiger partial charge in [0.05, 0.1) is 6.10 Å². The van der Waals surface area contributed by atoms with E-state index in [4.69, 9.17) is 0 Å². The van der Waals surface area contributed by atoms with Crippen molar-refractivity contribution in [2.45, 2.75) is 32.4 Å². The maximum atomic E-state index is 11.9. The maximum Gasteiger partial charge on any atom is 0.251 e. The van der Waals surface area contributed by atoms with Gasteiger partial charge in [-0.15, -0.1) is 0 Å². The molecule has 0 aliphatic heterocycles. The molecule has 0 aliphatic carbocycles. The van der Waals surface area contributed by atoms with Gasteiger partial charge in [-0.1, -0.05) is 0 Å². The molecule has 1 rings (SSSR count). The average Bonchev–Trinajstić information content (AvgIpc) is 2.27. The van der Waals surface area contributed by atoms with Crippen molar-refractivity contribution in [2.75, 3.05) is 19.0 Å². The Morgan fingerprint density at radius 2 is 1.83 bits per heavy atom. The molecule has 0 bridgehead atoms. The number of nitrogens with zero attached hydrogens (tertiary/aromatic N) is 1. The van der Waals surface area contributed by atoms with Crippen molar-refractivity contribution in [3.63, 3.8) is 0 Å². The minimum Gasteiger partial charge on any atom is -0.393 e. The number of hydrogen-bond acceptors (Lipinski definition) is 3. The molecule has 4 nitrogen and oxygen atoms in total. The van der Waals surface area contributed by atoms with Crippen LogP contribution in [-0.2, 0) is 0 Å². The van der Waals surface area contributed by atoms with Crippen LogP contribution in [0.25, 0.3) is 0 Å². The maximum absolute atomic E-state index is 11.9. The van der Waals surface area contributed by atoms with E-state index in [-0.39, 0.29) is 11.9 Å². The van der Waals surface area contributed by atoms with Crippen LogP contribution < -0.4 is 10.2 Å². The Labute approximate surface area is 109 Å². The van der Waals surface area contributed by atoms with E-state index in [1.165, 1.54) is 0 Å². The topological polar surface area (TPSA) is 52.6 Å². The molecular formula is C14H22N2O2. The first-order valence-electron chi connectivity index (χ1n) is 6.16. The van der Waals surface area contributed by atoms with Crippen LogP contribution in [0.15, 0.2) is 24.3 Å². The van der Waals surface area contributed by atoms with E-state index < -0.39 is 6.10 Å². The second-order valence-corrected chi connectivity index (χ2v) is 4.90. The number of aliphatic hydroxyl groups is 1. The molecule has 0 spiro atoms. The smallest absolute Gasteiger partial charge is 0.251 e. The highest BCUT2D eigenvalue weighted by molar-refractivity contribution is 5.94. The van der Waals surface area contributed by atoms with Crippen LogP contribution in [0.1, 0.15) is 30.6 Å². The summed E-state index contributed by atoms with van der Waals surface area (Å²) in [6, 6.07) is 7.40. The summed E-state index contributed by atoms with van der Waals surface area (Å²) in [6.07, 6.45) is 0.151. The molecule has 1 aromatic rings. The van der Waals surface area contributed by atoms with Crippen LogP contribution in [0.4, 0.5) is 5.69 Å². The molecule has 2 atom stereocenters. The molecular weight excluding hydrogens is 228 g/mol. The van der Waals surface area contributed by atoms with Crippen molar-refractivity contribution in [1.82, 2.24) is 5.32 Å². The fourth-order valence-corrected chi connectivity index (χ4v) is 1.79. The summed E-state index contributed by atoms with van der Waals surface area (Å²) >= 11 is 0. The average molecular weight is 250 g/mol. The van der Waals surface area contributed by atoms with Gasteiger partial charge in [0.15, 0.2) is 0 Å². The Bertz CT molecular complexity index is 385. The molecule has 2 N–H and O–H groups in total. The lowest BCUT2D eigenvalue weighted by molar-refractivity contribution is 0.0923. The molecule has 0 heterocycles. The van der Waals surface area contributed by atoms with Gasteiger partial charge in [-0.25, -0.2) is 0 Å². The lowest BCUT2D eigenvalue weighted by Crippen LogP contribution is -2.34. The predicted molar refractivity (Wildman–Crippen MR) is 74.0 cm³/mol. The molecule has 0 fully saturated rings. The number of benzene rings is 1. The first-order chi connectivity index (χ1) is 8.40. The monoisotopic (exact) mass is 250 g/mol.